The summed E-state index contributed by atoms with van der Waals surface area (Å²) in [5.41, 5.74) is 2.69. The number of benzene rings is 2. The molecule has 8 heteroatoms. The highest BCUT2D eigenvalue weighted by atomic mass is 32.2. The molecule has 0 spiro atoms. The molecule has 1 amide bonds. The van der Waals surface area contributed by atoms with Crippen LogP contribution in [-0.4, -0.2) is 28.0 Å². The van der Waals surface area contributed by atoms with E-state index in [1.54, 1.807) is 6.07 Å². The molecule has 168 valence electrons. The first-order valence-corrected chi connectivity index (χ1v) is 11.8. The van der Waals surface area contributed by atoms with E-state index in [9.17, 15) is 13.2 Å². The molecule has 0 aliphatic carbocycles. The van der Waals surface area contributed by atoms with Crippen LogP contribution in [0, 0.1) is 13.8 Å². The Morgan fingerprint density at radius 1 is 1.16 bits per heavy atom. The number of aryl methyl sites for hydroxylation is 2. The van der Waals surface area contributed by atoms with E-state index in [4.69, 9.17) is 9.15 Å². The molecule has 2 aromatic carbocycles. The number of amides is 1. The average molecular weight is 455 g/mol. The minimum absolute atomic E-state index is 0.0446. The summed E-state index contributed by atoms with van der Waals surface area (Å²) >= 11 is 0. The van der Waals surface area contributed by atoms with Crippen molar-refractivity contribution in [1.82, 2.24) is 5.32 Å². The number of carbonyl (C=O) groups is 1. The molecule has 4 rings (SSSR count). The van der Waals surface area contributed by atoms with Crippen LogP contribution in [-0.2, 0) is 16.4 Å². The van der Waals surface area contributed by atoms with Crippen molar-refractivity contribution in [3.05, 3.63) is 76.7 Å². The van der Waals surface area contributed by atoms with Crippen LogP contribution in [0.15, 0.2) is 57.8 Å². The first-order valence-electron chi connectivity index (χ1n) is 10.4. The lowest BCUT2D eigenvalue weighted by Crippen LogP contribution is -2.30. The summed E-state index contributed by atoms with van der Waals surface area (Å²) in [6, 6.07) is 13.4. The molecular weight excluding hydrogens is 428 g/mol. The molecule has 0 bridgehead atoms. The second kappa shape index (κ2) is 8.35. The molecule has 1 unspecified atom stereocenters. The Balaban J connectivity index is 1.66. The molecule has 0 radical (unpaired) electrons. The summed E-state index contributed by atoms with van der Waals surface area (Å²) in [5, 5.41) is 2.92. The third kappa shape index (κ3) is 3.86. The van der Waals surface area contributed by atoms with Crippen molar-refractivity contribution < 1.29 is 22.4 Å². The normalized spacial score (nSPS) is 14.2. The lowest BCUT2D eigenvalue weighted by atomic mass is 10.1. The summed E-state index contributed by atoms with van der Waals surface area (Å²) in [4.78, 5) is 13.1. The number of hydrogen-bond donors (Lipinski definition) is 1. The quantitative estimate of drug-likeness (QED) is 0.605. The molecule has 1 aromatic heterocycles. The first kappa shape index (κ1) is 22.0. The zero-order chi connectivity index (χ0) is 23.0. The van der Waals surface area contributed by atoms with E-state index in [2.05, 4.69) is 5.32 Å². The lowest BCUT2D eigenvalue weighted by Gasteiger charge is -2.21. The van der Waals surface area contributed by atoms with Crippen molar-refractivity contribution in [1.29, 1.82) is 0 Å². The standard InChI is InChI=1S/C24H26N2O5S/c1-15-13-20(17(3)31-15)16(2)25-24(27)21-14-19(9-10-23(21)30-4)32(28,29)26-12-11-18-7-5-6-8-22(18)26/h5-10,13-14,16H,11-12H2,1-4H3,(H,25,27). The lowest BCUT2D eigenvalue weighted by molar-refractivity contribution is 0.0936. The van der Waals surface area contributed by atoms with Crippen molar-refractivity contribution in [3.63, 3.8) is 0 Å². The molecule has 32 heavy (non-hydrogen) atoms. The smallest absolute Gasteiger partial charge is 0.264 e. The molecule has 0 fully saturated rings. The van der Waals surface area contributed by atoms with Gasteiger partial charge in [-0.15, -0.1) is 0 Å². The van der Waals surface area contributed by atoms with Crippen molar-refractivity contribution in [2.24, 2.45) is 0 Å². The molecule has 1 aliphatic rings. The fourth-order valence-corrected chi connectivity index (χ4v) is 5.67. The van der Waals surface area contributed by atoms with E-state index in [-0.39, 0.29) is 16.5 Å². The van der Waals surface area contributed by atoms with Crippen LogP contribution >= 0.6 is 0 Å². The van der Waals surface area contributed by atoms with Gasteiger partial charge in [-0.25, -0.2) is 8.42 Å². The van der Waals surface area contributed by atoms with Crippen LogP contribution in [0.5, 0.6) is 5.75 Å². The van der Waals surface area contributed by atoms with E-state index in [0.717, 1.165) is 22.6 Å². The highest BCUT2D eigenvalue weighted by molar-refractivity contribution is 7.92. The van der Waals surface area contributed by atoms with Crippen LogP contribution in [0.4, 0.5) is 5.69 Å². The number of anilines is 1. The fraction of sp³-hybridized carbons (Fsp3) is 0.292. The largest absolute Gasteiger partial charge is 0.496 e. The summed E-state index contributed by atoms with van der Waals surface area (Å²) in [6.07, 6.45) is 0.653. The number of rotatable bonds is 6. The number of nitrogens with one attached hydrogen (secondary N) is 1. The van der Waals surface area contributed by atoms with Crippen LogP contribution in [0.1, 0.15) is 46.0 Å². The Hall–Kier alpha value is -3.26. The Labute approximate surface area is 188 Å². The summed E-state index contributed by atoms with van der Waals surface area (Å²) in [5.74, 6) is 1.36. The number of nitrogens with zero attached hydrogens (tertiary/aromatic N) is 1. The summed E-state index contributed by atoms with van der Waals surface area (Å²) < 4.78 is 39.1. The zero-order valence-corrected chi connectivity index (χ0v) is 19.3. The van der Waals surface area contributed by atoms with Gasteiger partial charge in [0.15, 0.2) is 0 Å². The zero-order valence-electron chi connectivity index (χ0n) is 18.5. The third-order valence-corrected chi connectivity index (χ3v) is 7.55. The van der Waals surface area contributed by atoms with Gasteiger partial charge in [0.1, 0.15) is 17.3 Å². The predicted molar refractivity (Wildman–Crippen MR) is 122 cm³/mol. The molecule has 3 aromatic rings. The van der Waals surface area contributed by atoms with E-state index in [1.807, 2.05) is 45.0 Å². The highest BCUT2D eigenvalue weighted by Crippen LogP contribution is 2.34. The van der Waals surface area contributed by atoms with Crippen LogP contribution in [0.2, 0.25) is 0 Å². The average Bonchev–Trinajstić information content (AvgIpc) is 3.36. The molecule has 1 N–H and O–H groups in total. The van der Waals surface area contributed by atoms with Crippen LogP contribution in [0.25, 0.3) is 0 Å². The molecule has 7 nitrogen and oxygen atoms in total. The Bertz CT molecular complexity index is 1280. The van der Waals surface area contributed by atoms with Gasteiger partial charge in [-0.1, -0.05) is 18.2 Å². The molecule has 1 atom stereocenters. The van der Waals surface area contributed by atoms with Crippen molar-refractivity contribution in [3.8, 4) is 5.75 Å². The van der Waals surface area contributed by atoms with E-state index in [0.29, 0.717) is 24.4 Å². The second-order valence-corrected chi connectivity index (χ2v) is 9.74. The first-order chi connectivity index (χ1) is 15.2. The second-order valence-electron chi connectivity index (χ2n) is 7.88. The minimum atomic E-state index is -3.83. The number of ether oxygens (including phenoxy) is 1. The maximum atomic E-state index is 13.4. The Kier molecular flexibility index (Phi) is 5.73. The number of carbonyl (C=O) groups excluding carboxylic acids is 1. The van der Waals surface area contributed by atoms with E-state index in [1.165, 1.54) is 29.6 Å². The number of para-hydroxylation sites is 1. The van der Waals surface area contributed by atoms with Crippen molar-refractivity contribution in [2.45, 2.75) is 38.1 Å². The minimum Gasteiger partial charge on any atom is -0.496 e. The van der Waals surface area contributed by atoms with Gasteiger partial charge in [0.2, 0.25) is 0 Å². The van der Waals surface area contributed by atoms with Crippen molar-refractivity contribution in [2.75, 3.05) is 18.0 Å². The Morgan fingerprint density at radius 2 is 1.91 bits per heavy atom. The SMILES string of the molecule is COc1ccc(S(=O)(=O)N2CCc3ccccc32)cc1C(=O)NC(C)c1cc(C)oc1C. The van der Waals surface area contributed by atoms with Gasteiger partial charge in [-0.05, 0) is 63.1 Å². The molecule has 2 heterocycles. The predicted octanol–water partition coefficient (Wildman–Crippen LogP) is 4.15. The van der Waals surface area contributed by atoms with Gasteiger partial charge in [0.05, 0.1) is 29.3 Å². The monoisotopic (exact) mass is 454 g/mol. The molecular formula is C24H26N2O5S. The summed E-state index contributed by atoms with van der Waals surface area (Å²) in [6.45, 7) is 5.90. The number of furan rings is 1. The van der Waals surface area contributed by atoms with Crippen LogP contribution in [0.3, 0.4) is 0 Å². The van der Waals surface area contributed by atoms with Gasteiger partial charge < -0.3 is 14.5 Å². The number of hydrogen-bond acceptors (Lipinski definition) is 5. The fourth-order valence-electron chi connectivity index (χ4n) is 4.14. The molecule has 1 aliphatic heterocycles. The highest BCUT2D eigenvalue weighted by Gasteiger charge is 2.31. The molecule has 0 saturated carbocycles. The Morgan fingerprint density at radius 3 is 2.59 bits per heavy atom. The van der Waals surface area contributed by atoms with E-state index >= 15 is 0 Å². The topological polar surface area (TPSA) is 88.9 Å². The van der Waals surface area contributed by atoms with Crippen molar-refractivity contribution >= 4 is 21.6 Å². The number of sulfonamides is 1. The van der Waals surface area contributed by atoms with Gasteiger partial charge in [0.25, 0.3) is 15.9 Å². The van der Waals surface area contributed by atoms with Gasteiger partial charge in [-0.2, -0.15) is 0 Å². The molecule has 0 saturated heterocycles. The van der Waals surface area contributed by atoms with Crippen LogP contribution < -0.4 is 14.4 Å². The van der Waals surface area contributed by atoms with Gasteiger partial charge >= 0.3 is 0 Å². The summed E-state index contributed by atoms with van der Waals surface area (Å²) in [7, 11) is -2.39. The van der Waals surface area contributed by atoms with Gasteiger partial charge in [-0.3, -0.25) is 9.10 Å². The number of methoxy groups -OCH3 is 1. The van der Waals surface area contributed by atoms with Gasteiger partial charge in [0, 0.05) is 12.1 Å². The van der Waals surface area contributed by atoms with E-state index < -0.39 is 15.9 Å². The third-order valence-electron chi connectivity index (χ3n) is 5.74. The number of fused-ring (bicyclic) bond motifs is 1. The maximum Gasteiger partial charge on any atom is 0.264 e. The maximum absolute atomic E-state index is 13.4.